The Kier molecular flexibility index (Phi) is 9.10. The molecule has 0 aromatic carbocycles. The van der Waals surface area contributed by atoms with E-state index in [0.717, 1.165) is 0 Å². The summed E-state index contributed by atoms with van der Waals surface area (Å²) < 4.78 is 0. The number of hydrogen-bond acceptors (Lipinski definition) is 2. The van der Waals surface area contributed by atoms with Gasteiger partial charge in [-0.25, -0.2) is 0 Å². The molecule has 0 amide bonds. The second-order valence-corrected chi connectivity index (χ2v) is 1.96. The first-order valence-corrected chi connectivity index (χ1v) is 3.24. The molecule has 56 valence electrons. The van der Waals surface area contributed by atoms with Crippen molar-refractivity contribution in [3.8, 4) is 0 Å². The third-order valence-corrected chi connectivity index (χ3v) is 1.18. The molecule has 0 fully saturated rings. The van der Waals surface area contributed by atoms with E-state index in [9.17, 15) is 9.59 Å². The van der Waals surface area contributed by atoms with Crippen molar-refractivity contribution >= 4 is 11.6 Å². The van der Waals surface area contributed by atoms with E-state index in [1.54, 1.807) is 13.8 Å². The van der Waals surface area contributed by atoms with Crippen LogP contribution in [-0.4, -0.2) is 11.6 Å². The maximum absolute atomic E-state index is 10.6. The van der Waals surface area contributed by atoms with Crippen molar-refractivity contribution in [3.63, 3.8) is 0 Å². The van der Waals surface area contributed by atoms with Crippen LogP contribution >= 0.6 is 0 Å². The Balaban J connectivity index is 0. The first-order chi connectivity index (χ1) is 4.20. The van der Waals surface area contributed by atoms with Crippen LogP contribution < -0.4 is 0 Å². The SMILES string of the molecule is CCC(=O)CC(=O)CC.[Ti]. The van der Waals surface area contributed by atoms with E-state index in [4.69, 9.17) is 0 Å². The summed E-state index contributed by atoms with van der Waals surface area (Å²) in [4.78, 5) is 21.1. The van der Waals surface area contributed by atoms with Crippen LogP contribution in [0.5, 0.6) is 0 Å². The number of Topliss-reactive ketones (excluding diaryl/α,β-unsaturated/α-hetero) is 2. The van der Waals surface area contributed by atoms with Gasteiger partial charge < -0.3 is 0 Å². The summed E-state index contributed by atoms with van der Waals surface area (Å²) in [6.07, 6.45) is 1.09. The molecule has 3 heteroatoms. The number of hydrogen-bond donors (Lipinski definition) is 0. The zero-order chi connectivity index (χ0) is 7.28. The summed E-state index contributed by atoms with van der Waals surface area (Å²) in [6.45, 7) is 3.54. The number of carbonyl (C=O) groups is 2. The molecule has 0 spiro atoms. The maximum atomic E-state index is 10.6. The molecule has 0 aromatic heterocycles. The van der Waals surface area contributed by atoms with Gasteiger partial charge in [0.05, 0.1) is 6.42 Å². The van der Waals surface area contributed by atoms with Gasteiger partial charge in [-0.1, -0.05) is 13.8 Å². The van der Waals surface area contributed by atoms with Crippen LogP contribution in [0, 0.1) is 0 Å². The minimum Gasteiger partial charge on any atom is -0.299 e. The van der Waals surface area contributed by atoms with Crippen LogP contribution in [0.2, 0.25) is 0 Å². The summed E-state index contributed by atoms with van der Waals surface area (Å²) in [6, 6.07) is 0. The molecule has 0 bridgehead atoms. The van der Waals surface area contributed by atoms with E-state index in [-0.39, 0.29) is 39.7 Å². The summed E-state index contributed by atoms with van der Waals surface area (Å²) in [5.41, 5.74) is 0. The Labute approximate surface area is 76.3 Å². The number of ketones is 2. The molecule has 0 aromatic rings. The predicted molar refractivity (Wildman–Crippen MR) is 35.2 cm³/mol. The number of rotatable bonds is 4. The molecule has 0 heterocycles. The van der Waals surface area contributed by atoms with E-state index in [1.165, 1.54) is 0 Å². The fraction of sp³-hybridized carbons (Fsp3) is 0.714. The number of carbonyl (C=O) groups excluding carboxylic acids is 2. The van der Waals surface area contributed by atoms with Crippen LogP contribution in [0.4, 0.5) is 0 Å². The van der Waals surface area contributed by atoms with E-state index in [2.05, 4.69) is 0 Å². The second-order valence-electron chi connectivity index (χ2n) is 1.96. The van der Waals surface area contributed by atoms with Gasteiger partial charge in [-0.05, 0) is 0 Å². The molecule has 0 saturated carbocycles. The normalized spacial score (nSPS) is 8.20. The fourth-order valence-electron chi connectivity index (χ4n) is 0.470. The van der Waals surface area contributed by atoms with Gasteiger partial charge in [0.2, 0.25) is 0 Å². The Morgan fingerprint density at radius 3 is 1.50 bits per heavy atom. The van der Waals surface area contributed by atoms with Crippen LogP contribution in [0.15, 0.2) is 0 Å². The Morgan fingerprint density at radius 2 is 1.30 bits per heavy atom. The molecule has 0 aliphatic carbocycles. The predicted octanol–water partition coefficient (Wildman–Crippen LogP) is 1.33. The average molecular weight is 176 g/mol. The molecular formula is C7H12O2Ti. The van der Waals surface area contributed by atoms with E-state index in [1.807, 2.05) is 0 Å². The van der Waals surface area contributed by atoms with Crippen molar-refractivity contribution in [1.82, 2.24) is 0 Å². The van der Waals surface area contributed by atoms with Crippen molar-refractivity contribution in [3.05, 3.63) is 0 Å². The summed E-state index contributed by atoms with van der Waals surface area (Å²) in [7, 11) is 0. The van der Waals surface area contributed by atoms with E-state index in [0.29, 0.717) is 12.8 Å². The molecule has 0 atom stereocenters. The van der Waals surface area contributed by atoms with Gasteiger partial charge >= 0.3 is 0 Å². The fourth-order valence-corrected chi connectivity index (χ4v) is 0.470. The zero-order valence-electron chi connectivity index (χ0n) is 6.44. The van der Waals surface area contributed by atoms with Gasteiger partial charge in [0.1, 0.15) is 11.6 Å². The van der Waals surface area contributed by atoms with Gasteiger partial charge in [0.15, 0.2) is 0 Å². The minimum atomic E-state index is 0. The van der Waals surface area contributed by atoms with Gasteiger partial charge in [0.25, 0.3) is 0 Å². The quantitative estimate of drug-likeness (QED) is 0.478. The third-order valence-electron chi connectivity index (χ3n) is 1.18. The Morgan fingerprint density at radius 1 is 1.00 bits per heavy atom. The molecule has 0 aliphatic heterocycles. The maximum Gasteiger partial charge on any atom is 0.139 e. The molecule has 0 radical (unpaired) electrons. The molecular weight excluding hydrogens is 164 g/mol. The molecule has 2 nitrogen and oxygen atoms in total. The molecule has 0 unspecified atom stereocenters. The molecule has 10 heavy (non-hydrogen) atoms. The molecule has 0 rings (SSSR count). The van der Waals surface area contributed by atoms with Gasteiger partial charge in [-0.3, -0.25) is 9.59 Å². The van der Waals surface area contributed by atoms with E-state index >= 15 is 0 Å². The average Bonchev–Trinajstić information content (AvgIpc) is 1.87. The largest absolute Gasteiger partial charge is 0.299 e. The molecule has 0 aliphatic rings. The summed E-state index contributed by atoms with van der Waals surface area (Å²) >= 11 is 0. The summed E-state index contributed by atoms with van der Waals surface area (Å²) in [5.74, 6) is 0.0868. The van der Waals surface area contributed by atoms with Gasteiger partial charge in [0, 0.05) is 34.6 Å². The first kappa shape index (κ1) is 12.7. The van der Waals surface area contributed by atoms with Crippen LogP contribution in [0.1, 0.15) is 33.1 Å². The smallest absolute Gasteiger partial charge is 0.139 e. The van der Waals surface area contributed by atoms with Crippen molar-refractivity contribution in [2.24, 2.45) is 0 Å². The standard InChI is InChI=1S/C7H12O2.Ti/c1-3-6(8)5-7(9)4-2;/h3-5H2,1-2H3;. The second kappa shape index (κ2) is 7.16. The Bertz CT molecular complexity index is 107. The molecule has 0 N–H and O–H groups in total. The van der Waals surface area contributed by atoms with Crippen LogP contribution in [-0.2, 0) is 31.3 Å². The minimum absolute atomic E-state index is 0. The van der Waals surface area contributed by atoms with Gasteiger partial charge in [-0.2, -0.15) is 0 Å². The Hall–Kier alpha value is 0.0543. The summed E-state index contributed by atoms with van der Waals surface area (Å²) in [5, 5.41) is 0. The van der Waals surface area contributed by atoms with E-state index < -0.39 is 0 Å². The van der Waals surface area contributed by atoms with Crippen molar-refractivity contribution < 1.29 is 31.3 Å². The van der Waals surface area contributed by atoms with Gasteiger partial charge in [-0.15, -0.1) is 0 Å². The van der Waals surface area contributed by atoms with Crippen molar-refractivity contribution in [1.29, 1.82) is 0 Å². The first-order valence-electron chi connectivity index (χ1n) is 3.24. The van der Waals surface area contributed by atoms with Crippen LogP contribution in [0.3, 0.4) is 0 Å². The zero-order valence-corrected chi connectivity index (χ0v) is 8.00. The topological polar surface area (TPSA) is 34.1 Å². The van der Waals surface area contributed by atoms with Crippen molar-refractivity contribution in [2.75, 3.05) is 0 Å². The van der Waals surface area contributed by atoms with Crippen molar-refractivity contribution in [2.45, 2.75) is 33.1 Å². The molecule has 0 saturated heterocycles. The van der Waals surface area contributed by atoms with Crippen LogP contribution in [0.25, 0.3) is 0 Å². The monoisotopic (exact) mass is 176 g/mol. The third kappa shape index (κ3) is 6.18.